The minimum Gasteiger partial charge on any atom is -0.480 e. The van der Waals surface area contributed by atoms with Gasteiger partial charge in [0.2, 0.25) is 70.9 Å². The zero-order valence-electron chi connectivity index (χ0n) is 38.9. The van der Waals surface area contributed by atoms with Gasteiger partial charge in [0.25, 0.3) is 0 Å². The molecule has 4 atom stereocenters. The van der Waals surface area contributed by atoms with Crippen molar-refractivity contribution in [2.75, 3.05) is 71.2 Å². The second kappa shape index (κ2) is 34.5. The molecule has 30 nitrogen and oxygen atoms in total. The maximum atomic E-state index is 13.5. The van der Waals surface area contributed by atoms with Crippen LogP contribution in [0.15, 0.2) is 29.3 Å². The normalized spacial score (nSPS) is 13.0. The van der Waals surface area contributed by atoms with E-state index in [1.807, 2.05) is 0 Å². The molecule has 0 aliphatic heterocycles. The van der Waals surface area contributed by atoms with Gasteiger partial charge in [0.1, 0.15) is 24.2 Å². The molecule has 0 fully saturated rings. The van der Waals surface area contributed by atoms with Crippen LogP contribution in [-0.4, -0.2) is 183 Å². The molecule has 0 unspecified atom stereocenters. The summed E-state index contributed by atoms with van der Waals surface area (Å²) < 4.78 is 0. The van der Waals surface area contributed by atoms with Gasteiger partial charge in [-0.3, -0.25) is 62.5 Å². The standard InChI is InChI=1S/C40H64N16O14S/c1-22(53-36(66)23-7-2-3-8-23)35(65)55-25(10-6-12-44-40(42)43)38(68)56-24(9-4-5-11-41)37(67)52-19-33(63)50-17-31(61)48-15-29(59)46-13-27(57)45-14-28(58)47-16-30(60)49-18-32(62)51-20-34(64)54-26(21-71)39(69)70/h2-3,7-8,22-26,71H,4-6,9-21,41H2,1H3,(H,45,57)(H,46,59)(H,47,58)(H,48,61)(H,49,60)(H,50,63)(H,51,62)(H,52,67)(H,53,66)(H,54,64)(H,55,65)(H,56,68)(H,69,70)(H4,42,43,44)/t22-,24+,25-,26-/m0/s1. The number of guanidine groups is 1. The highest BCUT2D eigenvalue weighted by atomic mass is 32.1. The van der Waals surface area contributed by atoms with E-state index in [1.165, 1.54) is 6.92 Å². The Morgan fingerprint density at radius 1 is 0.521 bits per heavy atom. The highest BCUT2D eigenvalue weighted by Gasteiger charge is 2.29. The molecule has 0 aromatic heterocycles. The fourth-order valence-electron chi connectivity index (χ4n) is 5.50. The first kappa shape index (κ1) is 61.2. The van der Waals surface area contributed by atoms with Gasteiger partial charge in [-0.2, -0.15) is 12.6 Å². The van der Waals surface area contributed by atoms with E-state index < -0.39 is 159 Å². The summed E-state index contributed by atoms with van der Waals surface area (Å²) in [4.78, 5) is 164. The Labute approximate surface area is 412 Å². The van der Waals surface area contributed by atoms with Crippen molar-refractivity contribution in [2.24, 2.45) is 28.1 Å². The van der Waals surface area contributed by atoms with Crippen LogP contribution >= 0.6 is 12.6 Å². The number of hydrogen-bond acceptors (Lipinski definition) is 16. The summed E-state index contributed by atoms with van der Waals surface area (Å²) in [6.07, 6.45) is 7.91. The second-order valence-corrected chi connectivity index (χ2v) is 15.5. The number of nitrogens with zero attached hydrogens (tertiary/aromatic N) is 1. The van der Waals surface area contributed by atoms with E-state index in [4.69, 9.17) is 22.3 Å². The van der Waals surface area contributed by atoms with E-state index in [2.05, 4.69) is 81.4 Å². The quantitative estimate of drug-likeness (QED) is 0.0123. The van der Waals surface area contributed by atoms with Crippen LogP contribution in [-0.2, 0) is 62.3 Å². The molecule has 394 valence electrons. The van der Waals surface area contributed by atoms with E-state index in [-0.39, 0.29) is 44.1 Å². The van der Waals surface area contributed by atoms with Crippen molar-refractivity contribution in [2.45, 2.75) is 63.2 Å². The molecule has 0 heterocycles. The zero-order valence-corrected chi connectivity index (χ0v) is 39.8. The van der Waals surface area contributed by atoms with E-state index in [9.17, 15) is 62.3 Å². The van der Waals surface area contributed by atoms with Crippen LogP contribution in [0.5, 0.6) is 0 Å². The lowest BCUT2D eigenvalue weighted by Crippen LogP contribution is -2.57. The third-order valence-electron chi connectivity index (χ3n) is 9.32. The summed E-state index contributed by atoms with van der Waals surface area (Å²) in [5, 5.41) is 36.5. The predicted octanol–water partition coefficient (Wildman–Crippen LogP) is -9.19. The van der Waals surface area contributed by atoms with E-state index in [0.29, 0.717) is 12.8 Å². The Morgan fingerprint density at radius 2 is 0.915 bits per heavy atom. The van der Waals surface area contributed by atoms with Crippen LogP contribution in [0.1, 0.15) is 39.0 Å². The fourth-order valence-corrected chi connectivity index (χ4v) is 5.74. The van der Waals surface area contributed by atoms with E-state index in [0.717, 1.165) is 0 Å². The van der Waals surface area contributed by atoms with E-state index in [1.54, 1.807) is 24.3 Å². The number of carbonyl (C=O) groups is 13. The number of rotatable bonds is 34. The lowest BCUT2D eigenvalue weighted by Gasteiger charge is -2.24. The number of thiol groups is 1. The van der Waals surface area contributed by atoms with Gasteiger partial charge in [0.05, 0.1) is 58.3 Å². The summed E-state index contributed by atoms with van der Waals surface area (Å²) in [6.45, 7) is -3.00. The number of unbranched alkanes of at least 4 members (excludes halogenated alkanes) is 1. The zero-order chi connectivity index (χ0) is 53.3. The molecule has 71 heavy (non-hydrogen) atoms. The molecule has 0 radical (unpaired) electrons. The first-order valence-electron chi connectivity index (χ1n) is 21.9. The molecule has 1 aliphatic carbocycles. The number of amides is 12. The van der Waals surface area contributed by atoms with Crippen molar-refractivity contribution >= 4 is 95.4 Å². The number of aliphatic imine (C=N–C) groups is 1. The van der Waals surface area contributed by atoms with Gasteiger partial charge in [-0.15, -0.1) is 0 Å². The topological polar surface area (TPSA) is 477 Å². The molecule has 1 rings (SSSR count). The summed E-state index contributed by atoms with van der Waals surface area (Å²) in [5.41, 5.74) is 16.4. The third-order valence-corrected chi connectivity index (χ3v) is 9.69. The number of carboxylic acids is 1. The molecule has 12 amide bonds. The predicted molar refractivity (Wildman–Crippen MR) is 254 cm³/mol. The molecule has 0 aromatic rings. The van der Waals surface area contributed by atoms with Gasteiger partial charge >= 0.3 is 5.97 Å². The Kier molecular flexibility index (Phi) is 29.7. The number of nitrogens with two attached hydrogens (primary N) is 3. The summed E-state index contributed by atoms with van der Waals surface area (Å²) in [7, 11) is 0. The first-order chi connectivity index (χ1) is 33.6. The van der Waals surface area contributed by atoms with Gasteiger partial charge in [-0.1, -0.05) is 24.3 Å². The maximum Gasteiger partial charge on any atom is 0.327 e. The van der Waals surface area contributed by atoms with Gasteiger partial charge in [0.15, 0.2) is 5.96 Å². The third kappa shape index (κ3) is 28.3. The van der Waals surface area contributed by atoms with Crippen molar-refractivity contribution in [3.05, 3.63) is 24.3 Å². The minimum absolute atomic E-state index is 0.0349. The minimum atomic E-state index is -1.32. The number of nitrogens with one attached hydrogen (secondary N) is 12. The lowest BCUT2D eigenvalue weighted by atomic mass is 10.1. The number of aliphatic carboxylic acids is 1. The molecule has 0 saturated heterocycles. The van der Waals surface area contributed by atoms with Crippen molar-refractivity contribution in [3.63, 3.8) is 0 Å². The second-order valence-electron chi connectivity index (χ2n) is 15.2. The summed E-state index contributed by atoms with van der Waals surface area (Å²) >= 11 is 3.79. The Morgan fingerprint density at radius 3 is 1.32 bits per heavy atom. The highest BCUT2D eigenvalue weighted by molar-refractivity contribution is 7.80. The fraction of sp³-hybridized carbons (Fsp3) is 0.550. The number of carbonyl (C=O) groups excluding carboxylic acids is 12. The lowest BCUT2D eigenvalue weighted by molar-refractivity contribution is -0.141. The highest BCUT2D eigenvalue weighted by Crippen LogP contribution is 2.09. The summed E-state index contributed by atoms with van der Waals surface area (Å²) in [6, 6.07) is -4.69. The van der Waals surface area contributed by atoms with Gasteiger partial charge in [-0.05, 0) is 45.6 Å². The molecule has 1 aliphatic rings. The molecule has 0 bridgehead atoms. The molecule has 0 spiro atoms. The molecular formula is C40H64N16O14S. The van der Waals surface area contributed by atoms with Crippen LogP contribution in [0.4, 0.5) is 0 Å². The van der Waals surface area contributed by atoms with Crippen molar-refractivity contribution in [1.29, 1.82) is 0 Å². The Bertz CT molecular complexity index is 2000. The van der Waals surface area contributed by atoms with Crippen LogP contribution < -0.4 is 81.0 Å². The molecule has 31 heteroatoms. The van der Waals surface area contributed by atoms with Crippen molar-refractivity contribution < 1.29 is 67.4 Å². The number of carboxylic acid groups (broad SMARTS) is 1. The first-order valence-corrected chi connectivity index (χ1v) is 22.6. The van der Waals surface area contributed by atoms with Crippen LogP contribution in [0.2, 0.25) is 0 Å². The monoisotopic (exact) mass is 1020 g/mol. The van der Waals surface area contributed by atoms with Crippen LogP contribution in [0, 0.1) is 5.92 Å². The Hall–Kier alpha value is -7.83. The molecule has 0 aromatic carbocycles. The molecular weight excluding hydrogens is 961 g/mol. The SMILES string of the molecule is C[C@H](NC(=O)C1C=CC=C1)C(=O)N[C@@H](CCCN=C(N)N)C(=O)N[C@H](CCCCN)C(=O)NCC(=O)NCC(=O)NCC(=O)NCC(=O)NCC(=O)NCC(=O)NCC(=O)NCC(=O)N[C@@H](CS)C(=O)O. The van der Waals surface area contributed by atoms with Gasteiger partial charge < -0.3 is 86.1 Å². The molecule has 0 saturated carbocycles. The largest absolute Gasteiger partial charge is 0.480 e. The van der Waals surface area contributed by atoms with Crippen LogP contribution in [0.25, 0.3) is 0 Å². The average molecular weight is 1030 g/mol. The van der Waals surface area contributed by atoms with Gasteiger partial charge in [0, 0.05) is 12.3 Å². The van der Waals surface area contributed by atoms with Crippen LogP contribution in [0.3, 0.4) is 0 Å². The number of hydrogen-bond donors (Lipinski definition) is 17. The van der Waals surface area contributed by atoms with Crippen molar-refractivity contribution in [1.82, 2.24) is 63.8 Å². The summed E-state index contributed by atoms with van der Waals surface area (Å²) in [5.74, 6) is -11.4. The van der Waals surface area contributed by atoms with Gasteiger partial charge in [-0.25, -0.2) is 4.79 Å². The van der Waals surface area contributed by atoms with Crippen molar-refractivity contribution in [3.8, 4) is 0 Å². The molecule has 19 N–H and O–H groups in total. The Balaban J connectivity index is 2.50. The maximum absolute atomic E-state index is 13.5. The van der Waals surface area contributed by atoms with E-state index >= 15 is 0 Å². The average Bonchev–Trinajstić information content (AvgIpc) is 3.88. The number of allylic oxidation sites excluding steroid dienone is 2. The smallest absolute Gasteiger partial charge is 0.327 e.